The van der Waals surface area contributed by atoms with Gasteiger partial charge in [-0.3, -0.25) is 14.4 Å². The average molecular weight is 675 g/mol. The minimum Gasteiger partial charge on any atom is -0.465 e. The van der Waals surface area contributed by atoms with Crippen molar-refractivity contribution in [2.75, 3.05) is 80.3 Å². The maximum atomic E-state index is 13.8. The van der Waals surface area contributed by atoms with Crippen molar-refractivity contribution in [3.63, 3.8) is 0 Å². The average Bonchev–Trinajstić information content (AvgIpc) is 3.77. The van der Waals surface area contributed by atoms with E-state index in [4.69, 9.17) is 37.9 Å². The first kappa shape index (κ1) is 37.0. The lowest BCUT2D eigenvalue weighted by Crippen LogP contribution is -2.41. The smallest absolute Gasteiger partial charge is 0.354 e. The van der Waals surface area contributed by atoms with Crippen molar-refractivity contribution in [3.05, 3.63) is 40.3 Å². The van der Waals surface area contributed by atoms with Crippen LogP contribution in [0.2, 0.25) is 0 Å². The molecule has 1 aliphatic heterocycles. The van der Waals surface area contributed by atoms with Crippen LogP contribution in [0.3, 0.4) is 0 Å². The van der Waals surface area contributed by atoms with E-state index >= 15 is 0 Å². The molecule has 15 nitrogen and oxygen atoms in total. The topological polar surface area (TPSA) is 188 Å². The maximum Gasteiger partial charge on any atom is 0.354 e. The molecule has 0 saturated carbocycles. The minimum atomic E-state index is -1.92. The standard InChI is InChI=1S/C33H42N2O13/c1-4-7-21(36)8-5-6-9-43-10-11-44-12-13-45-14-15-46-20-26(37)24-18-22(31(39)41-2)27-28-23(19-25(35-28)32(40)42-3)33(47-16-17-48-33)30(38)29(27)34-24/h18-19,35H,4-17,20H2,1-3H3. The molecule has 48 heavy (non-hydrogen) atoms. The number of H-pyrrole nitrogens is 1. The summed E-state index contributed by atoms with van der Waals surface area (Å²) in [5, 5.41) is 0. The van der Waals surface area contributed by atoms with Gasteiger partial charge in [0.1, 0.15) is 29.5 Å². The van der Waals surface area contributed by atoms with Gasteiger partial charge in [-0.15, -0.1) is 0 Å². The van der Waals surface area contributed by atoms with Crippen LogP contribution in [0.1, 0.15) is 86.4 Å². The molecule has 0 aromatic carbocycles. The molecule has 2 aromatic heterocycles. The number of hydrogen-bond acceptors (Lipinski definition) is 14. The fourth-order valence-corrected chi connectivity index (χ4v) is 5.31. The summed E-state index contributed by atoms with van der Waals surface area (Å²) in [6.45, 7) is 4.20. The van der Waals surface area contributed by atoms with E-state index in [0.29, 0.717) is 51.7 Å². The van der Waals surface area contributed by atoms with Gasteiger partial charge >= 0.3 is 11.9 Å². The third-order valence-corrected chi connectivity index (χ3v) is 7.62. The van der Waals surface area contributed by atoms with Gasteiger partial charge in [-0.1, -0.05) is 6.92 Å². The van der Waals surface area contributed by atoms with Crippen LogP contribution in [0.15, 0.2) is 12.1 Å². The number of nitrogens with one attached hydrogen (secondary N) is 1. The number of ketones is 3. The Balaban J connectivity index is 1.26. The molecule has 0 unspecified atom stereocenters. The number of carbonyl (C=O) groups excluding carboxylic acids is 5. The Morgan fingerprint density at radius 1 is 0.833 bits per heavy atom. The monoisotopic (exact) mass is 674 g/mol. The van der Waals surface area contributed by atoms with Gasteiger partial charge in [0.2, 0.25) is 11.6 Å². The van der Waals surface area contributed by atoms with Crippen molar-refractivity contribution in [1.82, 2.24) is 9.97 Å². The summed E-state index contributed by atoms with van der Waals surface area (Å²) in [5.74, 6) is -4.51. The molecule has 2 aromatic rings. The highest BCUT2D eigenvalue weighted by molar-refractivity contribution is 6.15. The Hall–Kier alpha value is -3.86. The van der Waals surface area contributed by atoms with Crippen LogP contribution in [-0.4, -0.2) is 120 Å². The van der Waals surface area contributed by atoms with Gasteiger partial charge in [-0.2, -0.15) is 0 Å². The van der Waals surface area contributed by atoms with Crippen molar-refractivity contribution >= 4 is 29.3 Å². The first-order valence-electron chi connectivity index (χ1n) is 15.9. The largest absolute Gasteiger partial charge is 0.465 e. The normalized spacial score (nSPS) is 14.5. The summed E-state index contributed by atoms with van der Waals surface area (Å²) in [7, 11) is 2.36. The summed E-state index contributed by atoms with van der Waals surface area (Å²) in [5.41, 5.74) is -0.212. The lowest BCUT2D eigenvalue weighted by Gasteiger charge is -2.31. The third-order valence-electron chi connectivity index (χ3n) is 7.62. The van der Waals surface area contributed by atoms with Crippen LogP contribution in [-0.2, 0) is 48.5 Å². The second-order valence-electron chi connectivity index (χ2n) is 10.9. The zero-order valence-corrected chi connectivity index (χ0v) is 27.5. The molecule has 262 valence electrons. The molecular weight excluding hydrogens is 632 g/mol. The summed E-state index contributed by atoms with van der Waals surface area (Å²) >= 11 is 0. The van der Waals surface area contributed by atoms with Crippen molar-refractivity contribution < 1.29 is 61.9 Å². The van der Waals surface area contributed by atoms with Crippen molar-refractivity contribution in [2.45, 2.75) is 44.8 Å². The number of pyridine rings is 1. The van der Waals surface area contributed by atoms with Gasteiger partial charge in [0, 0.05) is 30.6 Å². The highest BCUT2D eigenvalue weighted by atomic mass is 16.7. The third kappa shape index (κ3) is 8.78. The Kier molecular flexibility index (Phi) is 13.9. The number of methoxy groups -OCH3 is 2. The summed E-state index contributed by atoms with van der Waals surface area (Å²) in [6.07, 6.45) is 3.80. The molecule has 1 aliphatic carbocycles. The predicted octanol–water partition coefficient (Wildman–Crippen LogP) is 2.83. The van der Waals surface area contributed by atoms with E-state index in [2.05, 4.69) is 9.97 Å². The van der Waals surface area contributed by atoms with Gasteiger partial charge < -0.3 is 42.9 Å². The number of hydrogen-bond donors (Lipinski definition) is 1. The Morgan fingerprint density at radius 2 is 1.46 bits per heavy atom. The second-order valence-corrected chi connectivity index (χ2v) is 10.9. The number of unbranched alkanes of at least 4 members (excludes halogenated alkanes) is 1. The fraction of sp³-hybridized carbons (Fsp3) is 0.576. The molecule has 1 spiro atoms. The zero-order valence-electron chi connectivity index (χ0n) is 27.5. The molecule has 0 atom stereocenters. The van der Waals surface area contributed by atoms with E-state index < -0.39 is 35.9 Å². The van der Waals surface area contributed by atoms with Crippen LogP contribution >= 0.6 is 0 Å². The van der Waals surface area contributed by atoms with Crippen LogP contribution in [0.25, 0.3) is 11.3 Å². The first-order valence-corrected chi connectivity index (χ1v) is 15.9. The number of ether oxygens (including phenoxy) is 8. The number of esters is 2. The Bertz CT molecular complexity index is 1460. The zero-order chi connectivity index (χ0) is 34.5. The molecule has 0 radical (unpaired) electrons. The molecule has 2 aliphatic rings. The molecule has 0 amide bonds. The van der Waals surface area contributed by atoms with Crippen LogP contribution < -0.4 is 0 Å². The van der Waals surface area contributed by atoms with Gasteiger partial charge in [-0.25, -0.2) is 14.6 Å². The Morgan fingerprint density at radius 3 is 2.08 bits per heavy atom. The van der Waals surface area contributed by atoms with Gasteiger partial charge in [0.25, 0.3) is 5.79 Å². The van der Waals surface area contributed by atoms with Crippen LogP contribution in [0, 0.1) is 0 Å². The second kappa shape index (κ2) is 18.1. The highest BCUT2D eigenvalue weighted by Gasteiger charge is 2.54. The molecule has 1 N–H and O–H groups in total. The van der Waals surface area contributed by atoms with E-state index in [0.717, 1.165) is 26.4 Å². The molecular formula is C33H42N2O13. The van der Waals surface area contributed by atoms with Crippen LogP contribution in [0.5, 0.6) is 0 Å². The van der Waals surface area contributed by atoms with Gasteiger partial charge in [0.15, 0.2) is 0 Å². The van der Waals surface area contributed by atoms with E-state index in [-0.39, 0.29) is 65.9 Å². The SMILES string of the molecule is CCCC(=O)CCCCOCCOCCOCCOCC(=O)c1cc(C(=O)OC)c2c(n1)C(=O)C1(OCCO1)c1cc(C(=O)OC)[nH]c1-2. The predicted molar refractivity (Wildman–Crippen MR) is 166 cm³/mol. The highest BCUT2D eigenvalue weighted by Crippen LogP contribution is 2.47. The number of rotatable bonds is 21. The molecule has 0 bridgehead atoms. The number of carbonyl (C=O) groups is 5. The first-order chi connectivity index (χ1) is 23.3. The minimum absolute atomic E-state index is 0.00642. The molecule has 1 saturated heterocycles. The summed E-state index contributed by atoms with van der Waals surface area (Å²) < 4.78 is 43.2. The summed E-state index contributed by atoms with van der Waals surface area (Å²) in [6, 6.07) is 2.58. The van der Waals surface area contributed by atoms with Crippen molar-refractivity contribution in [2.24, 2.45) is 0 Å². The van der Waals surface area contributed by atoms with Crippen molar-refractivity contribution in [1.29, 1.82) is 0 Å². The molecule has 3 heterocycles. The van der Waals surface area contributed by atoms with E-state index in [9.17, 15) is 24.0 Å². The summed E-state index contributed by atoms with van der Waals surface area (Å²) in [4.78, 5) is 70.9. The number of nitrogens with zero attached hydrogens (tertiary/aromatic N) is 1. The molecule has 15 heteroatoms. The number of aromatic amines is 1. The Labute approximate surface area is 277 Å². The van der Waals surface area contributed by atoms with Crippen LogP contribution in [0.4, 0.5) is 0 Å². The molecule has 1 fully saturated rings. The van der Waals surface area contributed by atoms with Crippen molar-refractivity contribution in [3.8, 4) is 11.3 Å². The lowest BCUT2D eigenvalue weighted by molar-refractivity contribution is -0.126. The number of fused-ring (bicyclic) bond motifs is 4. The van der Waals surface area contributed by atoms with E-state index in [1.807, 2.05) is 6.92 Å². The quantitative estimate of drug-likeness (QED) is 0.116. The van der Waals surface area contributed by atoms with E-state index in [1.54, 1.807) is 0 Å². The fourth-order valence-electron chi connectivity index (χ4n) is 5.31. The van der Waals surface area contributed by atoms with E-state index in [1.165, 1.54) is 19.2 Å². The number of Topliss-reactive ketones (excluding diaryl/α,β-unsaturated/α-hetero) is 3. The maximum absolute atomic E-state index is 13.8. The lowest BCUT2D eigenvalue weighted by atomic mass is 9.84. The van der Waals surface area contributed by atoms with Gasteiger partial charge in [0.05, 0.1) is 78.3 Å². The van der Waals surface area contributed by atoms with Gasteiger partial charge in [-0.05, 0) is 31.4 Å². The number of aromatic nitrogens is 2. The molecule has 4 rings (SSSR count).